The molecule has 2 aliphatic rings. The van der Waals surface area contributed by atoms with Gasteiger partial charge in [0.25, 0.3) is 0 Å². The van der Waals surface area contributed by atoms with Gasteiger partial charge in [-0.05, 0) is 62.6 Å². The molecular formula is C28H31ClFN5O2. The van der Waals surface area contributed by atoms with Crippen molar-refractivity contribution >= 4 is 23.3 Å². The van der Waals surface area contributed by atoms with Gasteiger partial charge in [0.2, 0.25) is 11.8 Å². The molecule has 0 aliphatic carbocycles. The number of aromatic nitrogens is 3. The lowest BCUT2D eigenvalue weighted by Gasteiger charge is -2.33. The summed E-state index contributed by atoms with van der Waals surface area (Å²) in [5, 5.41) is 9.14. The molecule has 2 saturated heterocycles. The number of hydrogen-bond acceptors (Lipinski definition) is 6. The van der Waals surface area contributed by atoms with Crippen molar-refractivity contribution in [2.45, 2.75) is 38.7 Å². The fourth-order valence-corrected chi connectivity index (χ4v) is 5.56. The van der Waals surface area contributed by atoms with Crippen molar-refractivity contribution in [3.05, 3.63) is 76.8 Å². The SMILES string of the molecule is Cc1ccc(N2CCC(C(=O)N3C[C@H]([C@H](C)Oc4ccc(F)cn4)[C@@H](c4ccc(Cl)cc4)C3)CC2)nn1. The molecule has 3 aromatic rings. The van der Waals surface area contributed by atoms with Crippen molar-refractivity contribution in [2.75, 3.05) is 31.1 Å². The fraction of sp³-hybridized carbons (Fsp3) is 0.429. The second-order valence-electron chi connectivity index (χ2n) is 10.00. The van der Waals surface area contributed by atoms with Crippen LogP contribution in [0, 0.1) is 24.6 Å². The predicted octanol–water partition coefficient (Wildman–Crippen LogP) is 4.90. The first-order valence-electron chi connectivity index (χ1n) is 12.7. The molecule has 1 aromatic carbocycles. The van der Waals surface area contributed by atoms with Crippen LogP contribution in [0.3, 0.4) is 0 Å². The number of amides is 1. The molecule has 0 unspecified atom stereocenters. The van der Waals surface area contributed by atoms with Crippen molar-refractivity contribution in [3.8, 4) is 5.88 Å². The van der Waals surface area contributed by atoms with E-state index in [1.165, 1.54) is 12.1 Å². The number of aryl methyl sites for hydroxylation is 1. The van der Waals surface area contributed by atoms with Crippen LogP contribution >= 0.6 is 11.6 Å². The van der Waals surface area contributed by atoms with Gasteiger partial charge in [0.15, 0.2) is 5.82 Å². The lowest BCUT2D eigenvalue weighted by atomic mass is 9.86. The molecule has 0 N–H and O–H groups in total. The number of pyridine rings is 1. The van der Waals surface area contributed by atoms with Gasteiger partial charge >= 0.3 is 0 Å². The Balaban J connectivity index is 1.27. The van der Waals surface area contributed by atoms with Gasteiger partial charge in [-0.2, -0.15) is 5.10 Å². The molecule has 2 aliphatic heterocycles. The molecule has 37 heavy (non-hydrogen) atoms. The molecule has 0 radical (unpaired) electrons. The molecule has 0 spiro atoms. The van der Waals surface area contributed by atoms with Crippen molar-refractivity contribution in [1.82, 2.24) is 20.1 Å². The summed E-state index contributed by atoms with van der Waals surface area (Å²) in [5.41, 5.74) is 2.01. The van der Waals surface area contributed by atoms with Crippen LogP contribution in [0.15, 0.2) is 54.7 Å². The quantitative estimate of drug-likeness (QED) is 0.458. The highest BCUT2D eigenvalue weighted by molar-refractivity contribution is 6.30. The van der Waals surface area contributed by atoms with Gasteiger partial charge in [-0.15, -0.1) is 5.10 Å². The highest BCUT2D eigenvalue weighted by Crippen LogP contribution is 2.38. The number of carbonyl (C=O) groups excluding carboxylic acids is 1. The van der Waals surface area contributed by atoms with Crippen LogP contribution in [-0.2, 0) is 4.79 Å². The lowest BCUT2D eigenvalue weighted by Crippen LogP contribution is -2.42. The van der Waals surface area contributed by atoms with Crippen LogP contribution in [-0.4, -0.2) is 58.3 Å². The van der Waals surface area contributed by atoms with Crippen molar-refractivity contribution < 1.29 is 13.9 Å². The van der Waals surface area contributed by atoms with Gasteiger partial charge in [-0.3, -0.25) is 4.79 Å². The van der Waals surface area contributed by atoms with Crippen LogP contribution in [0.1, 0.15) is 36.9 Å². The smallest absolute Gasteiger partial charge is 0.225 e. The fourth-order valence-electron chi connectivity index (χ4n) is 5.43. The molecule has 4 heterocycles. The second-order valence-corrected chi connectivity index (χ2v) is 10.4. The van der Waals surface area contributed by atoms with Gasteiger partial charge in [0.1, 0.15) is 11.9 Å². The maximum atomic E-state index is 13.6. The van der Waals surface area contributed by atoms with E-state index in [0.717, 1.165) is 49.2 Å². The van der Waals surface area contributed by atoms with E-state index in [1.54, 1.807) is 0 Å². The van der Waals surface area contributed by atoms with E-state index in [2.05, 4.69) is 20.1 Å². The highest BCUT2D eigenvalue weighted by Gasteiger charge is 2.42. The molecule has 7 nitrogen and oxygen atoms in total. The van der Waals surface area contributed by atoms with Gasteiger partial charge < -0.3 is 14.5 Å². The number of carbonyl (C=O) groups is 1. The molecule has 5 rings (SSSR count). The zero-order chi connectivity index (χ0) is 25.9. The number of rotatable bonds is 6. The molecule has 0 bridgehead atoms. The average Bonchev–Trinajstić information content (AvgIpc) is 3.36. The monoisotopic (exact) mass is 523 g/mol. The van der Waals surface area contributed by atoms with Crippen LogP contribution in [0.25, 0.3) is 0 Å². The average molecular weight is 524 g/mol. The molecule has 2 fully saturated rings. The summed E-state index contributed by atoms with van der Waals surface area (Å²) in [7, 11) is 0. The van der Waals surface area contributed by atoms with Gasteiger partial charge in [0, 0.05) is 55.0 Å². The summed E-state index contributed by atoms with van der Waals surface area (Å²) < 4.78 is 19.4. The van der Waals surface area contributed by atoms with Crippen molar-refractivity contribution in [2.24, 2.45) is 11.8 Å². The number of likely N-dealkylation sites (tertiary alicyclic amines) is 1. The van der Waals surface area contributed by atoms with E-state index < -0.39 is 5.82 Å². The number of piperidine rings is 1. The summed E-state index contributed by atoms with van der Waals surface area (Å²) in [5.74, 6) is 1.16. The van der Waals surface area contributed by atoms with Gasteiger partial charge in [0.05, 0.1) is 11.9 Å². The summed E-state index contributed by atoms with van der Waals surface area (Å²) in [6, 6.07) is 14.6. The highest BCUT2D eigenvalue weighted by atomic mass is 35.5. The van der Waals surface area contributed by atoms with E-state index in [9.17, 15) is 9.18 Å². The summed E-state index contributed by atoms with van der Waals surface area (Å²) in [6.45, 7) is 6.69. The topological polar surface area (TPSA) is 71.5 Å². The van der Waals surface area contributed by atoms with Crippen LogP contribution < -0.4 is 9.64 Å². The van der Waals surface area contributed by atoms with Crippen molar-refractivity contribution in [3.63, 3.8) is 0 Å². The first-order valence-corrected chi connectivity index (χ1v) is 13.1. The number of hydrogen-bond donors (Lipinski definition) is 0. The standard InChI is InChI=1S/C28H31ClFN5O2/c1-18-3-9-26(33-32-18)34-13-11-21(12-14-34)28(36)35-16-24(19(2)37-27-10-8-23(30)15-31-27)25(17-35)20-4-6-22(29)7-5-20/h3-10,15,19,21,24-25H,11-14,16-17H2,1-2H3/t19-,24+,25+/m0/s1. The molecule has 194 valence electrons. The maximum Gasteiger partial charge on any atom is 0.225 e. The van der Waals surface area contributed by atoms with E-state index in [0.29, 0.717) is 24.0 Å². The Morgan fingerprint density at radius 2 is 1.81 bits per heavy atom. The van der Waals surface area contributed by atoms with Crippen molar-refractivity contribution in [1.29, 1.82) is 0 Å². The third kappa shape index (κ3) is 5.85. The second kappa shape index (κ2) is 11.0. The molecule has 9 heteroatoms. The molecule has 2 aromatic heterocycles. The lowest BCUT2D eigenvalue weighted by molar-refractivity contribution is -0.135. The maximum absolute atomic E-state index is 13.6. The Labute approximate surface area is 221 Å². The third-order valence-corrected chi connectivity index (χ3v) is 7.79. The van der Waals surface area contributed by atoms with Gasteiger partial charge in [-0.1, -0.05) is 23.7 Å². The summed E-state index contributed by atoms with van der Waals surface area (Å²) in [6.07, 6.45) is 2.50. The zero-order valence-corrected chi connectivity index (χ0v) is 21.8. The number of benzene rings is 1. The molecule has 0 saturated carbocycles. The predicted molar refractivity (Wildman–Crippen MR) is 140 cm³/mol. The summed E-state index contributed by atoms with van der Waals surface area (Å²) >= 11 is 6.14. The van der Waals surface area contributed by atoms with E-state index >= 15 is 0 Å². The first kappa shape index (κ1) is 25.4. The van der Waals surface area contributed by atoms with E-state index in [4.69, 9.17) is 16.3 Å². The van der Waals surface area contributed by atoms with Crippen LogP contribution in [0.2, 0.25) is 5.02 Å². The number of nitrogens with zero attached hydrogens (tertiary/aromatic N) is 5. The Hall–Kier alpha value is -3.26. The van der Waals surface area contributed by atoms with Crippen LogP contribution in [0.5, 0.6) is 5.88 Å². The molecule has 3 atom stereocenters. The van der Waals surface area contributed by atoms with E-state index in [1.807, 2.05) is 55.1 Å². The Morgan fingerprint density at radius 1 is 1.05 bits per heavy atom. The minimum Gasteiger partial charge on any atom is -0.474 e. The number of halogens is 2. The number of anilines is 1. The molecular weight excluding hydrogens is 493 g/mol. The Kier molecular flexibility index (Phi) is 7.55. The zero-order valence-electron chi connectivity index (χ0n) is 21.1. The Bertz CT molecular complexity index is 1200. The van der Waals surface area contributed by atoms with Gasteiger partial charge in [-0.25, -0.2) is 9.37 Å². The minimum atomic E-state index is -0.405. The van der Waals surface area contributed by atoms with Crippen LogP contribution in [0.4, 0.5) is 10.2 Å². The minimum absolute atomic E-state index is 0.0192. The third-order valence-electron chi connectivity index (χ3n) is 7.54. The normalized spacial score (nSPS) is 21.2. The number of ether oxygens (including phenoxy) is 1. The first-order chi connectivity index (χ1) is 17.9. The summed E-state index contributed by atoms with van der Waals surface area (Å²) in [4.78, 5) is 21.9. The Morgan fingerprint density at radius 3 is 2.46 bits per heavy atom. The molecule has 1 amide bonds. The largest absolute Gasteiger partial charge is 0.474 e. The van der Waals surface area contributed by atoms with E-state index in [-0.39, 0.29) is 29.8 Å².